The van der Waals surface area contributed by atoms with Gasteiger partial charge in [0.2, 0.25) is 17.4 Å². The van der Waals surface area contributed by atoms with Gasteiger partial charge in [0.1, 0.15) is 5.01 Å². The van der Waals surface area contributed by atoms with Crippen molar-refractivity contribution in [1.82, 2.24) is 10.3 Å². The Balaban J connectivity index is 1.68. The molecule has 2 amide bonds. The number of rotatable bonds is 6. The number of halogens is 3. The molecule has 2 aromatic rings. The molecule has 1 aromatic carbocycles. The van der Waals surface area contributed by atoms with Crippen molar-refractivity contribution < 1.29 is 27.9 Å². The lowest BCUT2D eigenvalue weighted by molar-refractivity contribution is -0.267. The average molecular weight is 427 g/mol. The zero-order chi connectivity index (χ0) is 21.2. The number of aliphatic hydroxyl groups is 1. The molecule has 1 fully saturated rings. The van der Waals surface area contributed by atoms with E-state index in [1.54, 1.807) is 29.2 Å². The molecule has 2 N–H and O–H groups in total. The third-order valence-corrected chi connectivity index (χ3v) is 5.75. The molecule has 10 heteroatoms. The maximum atomic E-state index is 13.5. The number of aryl methyl sites for hydroxylation is 1. The van der Waals surface area contributed by atoms with E-state index in [4.69, 9.17) is 0 Å². The summed E-state index contributed by atoms with van der Waals surface area (Å²) in [6.45, 7) is 2.09. The molecular weight excluding hydrogens is 407 g/mol. The number of amides is 2. The minimum absolute atomic E-state index is 0.0140. The Morgan fingerprint density at radius 2 is 2.14 bits per heavy atom. The van der Waals surface area contributed by atoms with E-state index in [9.17, 15) is 27.9 Å². The van der Waals surface area contributed by atoms with Crippen LogP contribution in [0.3, 0.4) is 0 Å². The second-order valence-electron chi connectivity index (χ2n) is 6.92. The van der Waals surface area contributed by atoms with E-state index in [1.807, 2.05) is 0 Å². The van der Waals surface area contributed by atoms with E-state index < -0.39 is 29.1 Å². The number of hydrogen-bond acceptors (Lipinski definition) is 5. The molecule has 0 aliphatic carbocycles. The second-order valence-corrected chi connectivity index (χ2v) is 7.78. The van der Waals surface area contributed by atoms with Crippen molar-refractivity contribution in [2.75, 3.05) is 11.4 Å². The number of alkyl halides is 3. The van der Waals surface area contributed by atoms with Crippen molar-refractivity contribution in [3.05, 3.63) is 45.9 Å². The van der Waals surface area contributed by atoms with Gasteiger partial charge in [-0.25, -0.2) is 4.98 Å². The van der Waals surface area contributed by atoms with Gasteiger partial charge in [-0.1, -0.05) is 12.1 Å². The molecule has 0 saturated carbocycles. The Morgan fingerprint density at radius 1 is 1.38 bits per heavy atom. The normalized spacial score (nSPS) is 16.7. The fourth-order valence-corrected chi connectivity index (χ4v) is 4.01. The maximum Gasteiger partial charge on any atom is 0.424 e. The van der Waals surface area contributed by atoms with Crippen LogP contribution < -0.4 is 10.2 Å². The highest BCUT2D eigenvalue weighted by molar-refractivity contribution is 7.09. The molecule has 156 valence electrons. The highest BCUT2D eigenvalue weighted by atomic mass is 32.1. The molecule has 1 saturated heterocycles. The highest BCUT2D eigenvalue weighted by Crippen LogP contribution is 2.42. The number of carbonyl (C=O) groups is 2. The van der Waals surface area contributed by atoms with Crippen LogP contribution in [-0.4, -0.2) is 34.6 Å². The zero-order valence-electron chi connectivity index (χ0n) is 15.6. The molecule has 1 aliphatic rings. The van der Waals surface area contributed by atoms with Gasteiger partial charge >= 0.3 is 6.18 Å². The molecule has 1 atom stereocenters. The van der Waals surface area contributed by atoms with Crippen molar-refractivity contribution in [3.63, 3.8) is 0 Å². The van der Waals surface area contributed by atoms with Crippen LogP contribution in [0.25, 0.3) is 0 Å². The summed E-state index contributed by atoms with van der Waals surface area (Å²) in [4.78, 5) is 29.4. The van der Waals surface area contributed by atoms with Crippen LogP contribution in [0.5, 0.6) is 0 Å². The van der Waals surface area contributed by atoms with Gasteiger partial charge in [-0.15, -0.1) is 11.3 Å². The Kier molecular flexibility index (Phi) is 5.95. The fraction of sp³-hybridized carbons (Fsp3) is 0.421. The van der Waals surface area contributed by atoms with E-state index in [-0.39, 0.29) is 12.5 Å². The van der Waals surface area contributed by atoms with Gasteiger partial charge in [-0.3, -0.25) is 9.59 Å². The van der Waals surface area contributed by atoms with Gasteiger partial charge in [0.05, 0.1) is 6.42 Å². The third-order valence-electron chi connectivity index (χ3n) is 4.64. The standard InChI is InChI=1S/C19H20F3N3O3S/c1-12-11-29-17(24-12)18(28,19(20,21)22)9-15(26)23-10-13-4-2-5-14(8-13)25-7-3-6-16(25)27/h2,4-5,8,11,28H,3,6-7,9-10H2,1H3,(H,23,26). The van der Waals surface area contributed by atoms with Crippen molar-refractivity contribution in [2.24, 2.45) is 0 Å². The first-order valence-electron chi connectivity index (χ1n) is 8.98. The van der Waals surface area contributed by atoms with Gasteiger partial charge in [0.25, 0.3) is 0 Å². The van der Waals surface area contributed by atoms with Crippen LogP contribution in [0, 0.1) is 6.92 Å². The number of anilines is 1. The molecule has 1 aliphatic heterocycles. The van der Waals surface area contributed by atoms with E-state index in [1.165, 1.54) is 12.3 Å². The Bertz CT molecular complexity index is 915. The SMILES string of the molecule is Cc1csc(C(O)(CC(=O)NCc2cccc(N3CCCC3=O)c2)C(F)(F)F)n1. The molecule has 0 radical (unpaired) electrons. The van der Waals surface area contributed by atoms with Crippen LogP contribution in [0.1, 0.15) is 35.5 Å². The quantitative estimate of drug-likeness (QED) is 0.743. The van der Waals surface area contributed by atoms with Crippen molar-refractivity contribution >= 4 is 28.8 Å². The molecular formula is C19H20F3N3O3S. The van der Waals surface area contributed by atoms with Gasteiger partial charge in [0.15, 0.2) is 0 Å². The number of benzene rings is 1. The van der Waals surface area contributed by atoms with E-state index in [2.05, 4.69) is 10.3 Å². The molecule has 2 heterocycles. The number of hydrogen-bond donors (Lipinski definition) is 2. The monoisotopic (exact) mass is 427 g/mol. The topological polar surface area (TPSA) is 82.5 Å². The Labute approximate surface area is 169 Å². The number of thiazole rings is 1. The zero-order valence-corrected chi connectivity index (χ0v) is 16.4. The second kappa shape index (κ2) is 8.11. The van der Waals surface area contributed by atoms with Crippen LogP contribution >= 0.6 is 11.3 Å². The van der Waals surface area contributed by atoms with Gasteiger partial charge < -0.3 is 15.3 Å². The summed E-state index contributed by atoms with van der Waals surface area (Å²) >= 11 is 0.658. The predicted octanol–water partition coefficient (Wildman–Crippen LogP) is 3.03. The molecule has 29 heavy (non-hydrogen) atoms. The molecule has 0 spiro atoms. The average Bonchev–Trinajstić information content (AvgIpc) is 3.28. The highest BCUT2D eigenvalue weighted by Gasteiger charge is 2.58. The minimum atomic E-state index is -5.05. The van der Waals surface area contributed by atoms with Gasteiger partial charge in [-0.2, -0.15) is 13.2 Å². The summed E-state index contributed by atoms with van der Waals surface area (Å²) in [7, 11) is 0. The Hall–Kier alpha value is -2.46. The predicted molar refractivity (Wildman–Crippen MR) is 101 cm³/mol. The van der Waals surface area contributed by atoms with Crippen LogP contribution in [0.4, 0.5) is 18.9 Å². The lowest BCUT2D eigenvalue weighted by atomic mass is 9.99. The first kappa shape index (κ1) is 21.3. The maximum absolute atomic E-state index is 13.5. The van der Waals surface area contributed by atoms with E-state index in [0.717, 1.165) is 6.42 Å². The number of carbonyl (C=O) groups excluding carboxylic acids is 2. The lowest BCUT2D eigenvalue weighted by Gasteiger charge is -2.28. The number of aromatic nitrogens is 1. The third kappa shape index (κ3) is 4.59. The largest absolute Gasteiger partial charge is 0.424 e. The van der Waals surface area contributed by atoms with Crippen LogP contribution in [0.15, 0.2) is 29.6 Å². The summed E-state index contributed by atoms with van der Waals surface area (Å²) in [6, 6.07) is 6.89. The van der Waals surface area contributed by atoms with Crippen molar-refractivity contribution in [3.8, 4) is 0 Å². The molecule has 1 aromatic heterocycles. The van der Waals surface area contributed by atoms with E-state index in [0.29, 0.717) is 41.2 Å². The summed E-state index contributed by atoms with van der Waals surface area (Å²) in [5.41, 5.74) is -1.69. The number of nitrogens with zero attached hydrogens (tertiary/aromatic N) is 2. The summed E-state index contributed by atoms with van der Waals surface area (Å²) in [6.07, 6.45) is -4.99. The first-order valence-corrected chi connectivity index (χ1v) is 9.86. The van der Waals surface area contributed by atoms with Crippen LogP contribution in [-0.2, 0) is 21.7 Å². The first-order chi connectivity index (χ1) is 13.6. The Morgan fingerprint density at radius 3 is 2.72 bits per heavy atom. The number of nitrogens with one attached hydrogen (secondary N) is 1. The van der Waals surface area contributed by atoms with Crippen molar-refractivity contribution in [1.29, 1.82) is 0 Å². The summed E-state index contributed by atoms with van der Waals surface area (Å²) < 4.78 is 40.5. The van der Waals surface area contributed by atoms with Crippen molar-refractivity contribution in [2.45, 2.75) is 44.5 Å². The van der Waals surface area contributed by atoms with Gasteiger partial charge in [0, 0.05) is 36.3 Å². The smallest absolute Gasteiger partial charge is 0.374 e. The molecule has 3 rings (SSSR count). The van der Waals surface area contributed by atoms with Crippen LogP contribution in [0.2, 0.25) is 0 Å². The minimum Gasteiger partial charge on any atom is -0.374 e. The fourth-order valence-electron chi connectivity index (χ4n) is 3.09. The summed E-state index contributed by atoms with van der Waals surface area (Å²) in [5, 5.41) is 13.5. The summed E-state index contributed by atoms with van der Waals surface area (Å²) in [5.74, 6) is -0.944. The lowest BCUT2D eigenvalue weighted by Crippen LogP contribution is -2.46. The molecule has 6 nitrogen and oxygen atoms in total. The van der Waals surface area contributed by atoms with E-state index >= 15 is 0 Å². The molecule has 0 bridgehead atoms. The van der Waals surface area contributed by atoms with Gasteiger partial charge in [-0.05, 0) is 31.0 Å². The molecule has 1 unspecified atom stereocenters.